The van der Waals surface area contributed by atoms with Gasteiger partial charge < -0.3 is 14.9 Å². The summed E-state index contributed by atoms with van der Waals surface area (Å²) in [5.41, 5.74) is 7.67. The Labute approximate surface area is 109 Å². The number of nitrogen functional groups attached to an aromatic ring is 1. The van der Waals surface area contributed by atoms with Crippen LogP contribution in [0.2, 0.25) is 0 Å². The summed E-state index contributed by atoms with van der Waals surface area (Å²) in [6, 6.07) is 1.10. The SMILES string of the molecule is NNC(=O)c1coc(CN2CCOCC2C(N)=O)c1. The van der Waals surface area contributed by atoms with Crippen LogP contribution in [0.4, 0.5) is 0 Å². The van der Waals surface area contributed by atoms with Crippen LogP contribution in [0.25, 0.3) is 0 Å². The highest BCUT2D eigenvalue weighted by molar-refractivity contribution is 5.93. The molecule has 1 aromatic rings. The first-order valence-corrected chi connectivity index (χ1v) is 5.81. The van der Waals surface area contributed by atoms with Crippen LogP contribution in [0.3, 0.4) is 0 Å². The lowest BCUT2D eigenvalue weighted by molar-refractivity contribution is -0.129. The molecule has 2 amide bonds. The molecule has 1 fully saturated rings. The number of furan rings is 1. The van der Waals surface area contributed by atoms with Crippen molar-refractivity contribution in [3.8, 4) is 0 Å². The van der Waals surface area contributed by atoms with E-state index in [0.717, 1.165) is 0 Å². The van der Waals surface area contributed by atoms with Crippen molar-refractivity contribution in [3.63, 3.8) is 0 Å². The van der Waals surface area contributed by atoms with Gasteiger partial charge in [-0.3, -0.25) is 19.9 Å². The van der Waals surface area contributed by atoms with E-state index in [-0.39, 0.29) is 6.61 Å². The van der Waals surface area contributed by atoms with Gasteiger partial charge in [-0.25, -0.2) is 5.84 Å². The van der Waals surface area contributed by atoms with Crippen molar-refractivity contribution in [1.29, 1.82) is 0 Å². The fourth-order valence-electron chi connectivity index (χ4n) is 1.96. The summed E-state index contributed by atoms with van der Waals surface area (Å²) in [4.78, 5) is 24.4. The van der Waals surface area contributed by atoms with Crippen molar-refractivity contribution in [2.24, 2.45) is 11.6 Å². The Morgan fingerprint density at radius 2 is 2.32 bits per heavy atom. The molecule has 5 N–H and O–H groups in total. The number of carbonyl (C=O) groups is 2. The highest BCUT2D eigenvalue weighted by Crippen LogP contribution is 2.15. The Hall–Kier alpha value is -1.90. The summed E-state index contributed by atoms with van der Waals surface area (Å²) >= 11 is 0. The topological polar surface area (TPSA) is 124 Å². The molecule has 2 rings (SSSR count). The molecule has 8 heteroatoms. The van der Waals surface area contributed by atoms with Gasteiger partial charge in [0.05, 0.1) is 25.3 Å². The molecule has 8 nitrogen and oxygen atoms in total. The predicted octanol–water partition coefficient (Wildman–Crippen LogP) is -1.43. The van der Waals surface area contributed by atoms with Crippen LogP contribution in [0.15, 0.2) is 16.7 Å². The molecule has 104 valence electrons. The van der Waals surface area contributed by atoms with Crippen molar-refractivity contribution in [1.82, 2.24) is 10.3 Å². The number of hydrazine groups is 1. The summed E-state index contributed by atoms with van der Waals surface area (Å²) in [6.45, 7) is 1.76. The predicted molar refractivity (Wildman–Crippen MR) is 64.6 cm³/mol. The van der Waals surface area contributed by atoms with Gasteiger partial charge in [0.1, 0.15) is 18.1 Å². The number of carbonyl (C=O) groups excluding carboxylic acids is 2. The van der Waals surface area contributed by atoms with Gasteiger partial charge in [0.2, 0.25) is 5.91 Å². The second kappa shape index (κ2) is 5.83. The Kier molecular flexibility index (Phi) is 4.15. The molecule has 2 heterocycles. The van der Waals surface area contributed by atoms with Gasteiger partial charge in [-0.2, -0.15) is 0 Å². The molecule has 0 radical (unpaired) electrons. The number of nitrogens with two attached hydrogens (primary N) is 2. The summed E-state index contributed by atoms with van der Waals surface area (Å²) in [5.74, 6) is 4.73. The van der Waals surface area contributed by atoms with Crippen LogP contribution in [-0.2, 0) is 16.1 Å². The molecule has 1 aromatic heterocycles. The number of hydrogen-bond donors (Lipinski definition) is 3. The maximum atomic E-state index is 11.3. The van der Waals surface area contributed by atoms with Gasteiger partial charge in [-0.1, -0.05) is 0 Å². The van der Waals surface area contributed by atoms with E-state index in [9.17, 15) is 9.59 Å². The minimum Gasteiger partial charge on any atom is -0.467 e. The molecule has 1 aliphatic heterocycles. The second-order valence-electron chi connectivity index (χ2n) is 4.24. The van der Waals surface area contributed by atoms with Crippen LogP contribution in [-0.4, -0.2) is 42.5 Å². The maximum Gasteiger partial charge on any atom is 0.268 e. The van der Waals surface area contributed by atoms with Gasteiger partial charge in [0.25, 0.3) is 5.91 Å². The number of morpholine rings is 1. The largest absolute Gasteiger partial charge is 0.467 e. The summed E-state index contributed by atoms with van der Waals surface area (Å²) in [7, 11) is 0. The van der Waals surface area contributed by atoms with Crippen molar-refractivity contribution in [2.75, 3.05) is 19.8 Å². The first kappa shape index (κ1) is 13.5. The van der Waals surface area contributed by atoms with Gasteiger partial charge in [-0.15, -0.1) is 0 Å². The lowest BCUT2D eigenvalue weighted by Crippen LogP contribution is -2.51. The number of hydrogen-bond acceptors (Lipinski definition) is 6. The van der Waals surface area contributed by atoms with E-state index in [1.165, 1.54) is 6.26 Å². The average Bonchev–Trinajstić information content (AvgIpc) is 2.86. The molecule has 0 bridgehead atoms. The zero-order chi connectivity index (χ0) is 13.8. The van der Waals surface area contributed by atoms with Gasteiger partial charge >= 0.3 is 0 Å². The molecular weight excluding hydrogens is 252 g/mol. The molecule has 1 saturated heterocycles. The molecule has 0 aliphatic carbocycles. The van der Waals surface area contributed by atoms with Crippen LogP contribution in [0.5, 0.6) is 0 Å². The smallest absolute Gasteiger partial charge is 0.268 e. The van der Waals surface area contributed by atoms with Crippen LogP contribution in [0, 0.1) is 0 Å². The fourth-order valence-corrected chi connectivity index (χ4v) is 1.96. The number of nitrogens with zero attached hydrogens (tertiary/aromatic N) is 1. The number of nitrogens with one attached hydrogen (secondary N) is 1. The third-order valence-electron chi connectivity index (χ3n) is 2.97. The minimum absolute atomic E-state index is 0.270. The molecule has 0 aromatic carbocycles. The normalized spacial score (nSPS) is 20.2. The number of rotatable bonds is 4. The molecule has 0 spiro atoms. The number of primary amides is 1. The molecule has 1 atom stereocenters. The van der Waals surface area contributed by atoms with Crippen molar-refractivity contribution in [2.45, 2.75) is 12.6 Å². The Morgan fingerprint density at radius 3 is 3.00 bits per heavy atom. The second-order valence-corrected chi connectivity index (χ2v) is 4.24. The first-order valence-electron chi connectivity index (χ1n) is 5.81. The first-order chi connectivity index (χ1) is 9.11. The Balaban J connectivity index is 2.04. The molecule has 0 saturated carbocycles. The number of ether oxygens (including phenoxy) is 1. The fraction of sp³-hybridized carbons (Fsp3) is 0.455. The van der Waals surface area contributed by atoms with E-state index < -0.39 is 17.9 Å². The minimum atomic E-state index is -0.481. The van der Waals surface area contributed by atoms with E-state index in [1.807, 2.05) is 10.3 Å². The third-order valence-corrected chi connectivity index (χ3v) is 2.97. The molecule has 19 heavy (non-hydrogen) atoms. The average molecular weight is 268 g/mol. The lowest BCUT2D eigenvalue weighted by atomic mass is 10.2. The van der Waals surface area contributed by atoms with E-state index in [0.29, 0.717) is 31.0 Å². The van der Waals surface area contributed by atoms with Crippen molar-refractivity contribution >= 4 is 11.8 Å². The quantitative estimate of drug-likeness (QED) is 0.349. The maximum absolute atomic E-state index is 11.3. The standard InChI is InChI=1S/C11H16N4O4/c12-10(16)9-6-18-2-1-15(9)4-8-3-7(5-19-8)11(17)14-13/h3,5,9H,1-2,4,6,13H2,(H2,12,16)(H,14,17). The lowest BCUT2D eigenvalue weighted by Gasteiger charge is -2.32. The van der Waals surface area contributed by atoms with Gasteiger partial charge in [0.15, 0.2) is 0 Å². The van der Waals surface area contributed by atoms with Crippen molar-refractivity contribution in [3.05, 3.63) is 23.7 Å². The molecule has 1 unspecified atom stereocenters. The summed E-state index contributed by atoms with van der Waals surface area (Å²) in [6.07, 6.45) is 1.32. The Bertz CT molecular complexity index is 473. The highest BCUT2D eigenvalue weighted by Gasteiger charge is 2.28. The highest BCUT2D eigenvalue weighted by atomic mass is 16.5. The van der Waals surface area contributed by atoms with E-state index in [4.69, 9.17) is 20.7 Å². The van der Waals surface area contributed by atoms with Crippen LogP contribution < -0.4 is 17.0 Å². The zero-order valence-corrected chi connectivity index (χ0v) is 10.3. The monoisotopic (exact) mass is 268 g/mol. The Morgan fingerprint density at radius 1 is 1.53 bits per heavy atom. The molecule has 1 aliphatic rings. The van der Waals surface area contributed by atoms with E-state index in [1.54, 1.807) is 6.07 Å². The van der Waals surface area contributed by atoms with Gasteiger partial charge in [0, 0.05) is 6.54 Å². The molecular formula is C11H16N4O4. The van der Waals surface area contributed by atoms with Crippen molar-refractivity contribution < 1.29 is 18.7 Å². The number of amides is 2. The summed E-state index contributed by atoms with van der Waals surface area (Å²) in [5, 5.41) is 0. The van der Waals surface area contributed by atoms with E-state index >= 15 is 0 Å². The summed E-state index contributed by atoms with van der Waals surface area (Å²) < 4.78 is 10.5. The van der Waals surface area contributed by atoms with Gasteiger partial charge in [-0.05, 0) is 6.07 Å². The third kappa shape index (κ3) is 3.11. The van der Waals surface area contributed by atoms with Crippen LogP contribution in [0.1, 0.15) is 16.1 Å². The zero-order valence-electron chi connectivity index (χ0n) is 10.3. The van der Waals surface area contributed by atoms with Crippen LogP contribution >= 0.6 is 0 Å². The van der Waals surface area contributed by atoms with E-state index in [2.05, 4.69) is 0 Å².